The predicted molar refractivity (Wildman–Crippen MR) is 150 cm³/mol. The molecule has 0 bridgehead atoms. The summed E-state index contributed by atoms with van der Waals surface area (Å²) in [6, 6.07) is 21.7. The lowest BCUT2D eigenvalue weighted by Gasteiger charge is -2.26. The van der Waals surface area contributed by atoms with Crippen LogP contribution in [0.25, 0.3) is 5.76 Å². The molecule has 0 radical (unpaired) electrons. The smallest absolute Gasteiger partial charge is 0.295 e. The van der Waals surface area contributed by atoms with Gasteiger partial charge in [-0.15, -0.1) is 0 Å². The zero-order valence-electron chi connectivity index (χ0n) is 23.1. The maximum atomic E-state index is 13.4. The van der Waals surface area contributed by atoms with Crippen LogP contribution < -0.4 is 9.47 Å². The van der Waals surface area contributed by atoms with Gasteiger partial charge in [0.05, 0.1) is 30.9 Å². The third kappa shape index (κ3) is 5.99. The summed E-state index contributed by atoms with van der Waals surface area (Å²) >= 11 is 0. The first kappa shape index (κ1) is 27.9. The Hall–Kier alpha value is -4.10. The van der Waals surface area contributed by atoms with Crippen LogP contribution >= 0.6 is 0 Å². The van der Waals surface area contributed by atoms with Gasteiger partial charge in [0.1, 0.15) is 23.9 Å². The molecule has 0 spiro atoms. The van der Waals surface area contributed by atoms with E-state index in [0.29, 0.717) is 29.2 Å². The minimum atomic E-state index is -0.830. The van der Waals surface area contributed by atoms with Gasteiger partial charge in [0.25, 0.3) is 11.7 Å². The molecule has 1 N–H and O–H groups in total. The maximum Gasteiger partial charge on any atom is 0.295 e. The molecule has 7 nitrogen and oxygen atoms in total. The molecule has 204 valence electrons. The number of carbonyl (C=O) groups excluding carboxylic acids is 2. The number of rotatable bonds is 9. The molecule has 3 aromatic carbocycles. The highest BCUT2D eigenvalue weighted by molar-refractivity contribution is 6.46. The van der Waals surface area contributed by atoms with E-state index >= 15 is 0 Å². The van der Waals surface area contributed by atoms with Crippen LogP contribution in [0.5, 0.6) is 11.5 Å². The van der Waals surface area contributed by atoms with Crippen LogP contribution in [-0.2, 0) is 26.3 Å². The molecule has 1 saturated heterocycles. The summed E-state index contributed by atoms with van der Waals surface area (Å²) < 4.78 is 16.8. The normalized spacial score (nSPS) is 16.9. The van der Waals surface area contributed by atoms with E-state index in [1.54, 1.807) is 12.1 Å². The van der Waals surface area contributed by atoms with Crippen molar-refractivity contribution in [3.8, 4) is 11.5 Å². The van der Waals surface area contributed by atoms with E-state index in [9.17, 15) is 14.7 Å². The second-order valence-corrected chi connectivity index (χ2v) is 10.5. The number of hydrogen-bond donors (Lipinski definition) is 1. The van der Waals surface area contributed by atoms with Gasteiger partial charge in [0.15, 0.2) is 0 Å². The van der Waals surface area contributed by atoms with Crippen LogP contribution in [-0.4, -0.2) is 49.1 Å². The number of ether oxygens (including phenoxy) is 3. The average Bonchev–Trinajstić information content (AvgIpc) is 3.19. The van der Waals surface area contributed by atoms with Gasteiger partial charge < -0.3 is 24.2 Å². The Balaban J connectivity index is 1.82. The topological polar surface area (TPSA) is 85.3 Å². The number of likely N-dealkylation sites (tertiary alicyclic amines) is 1. The summed E-state index contributed by atoms with van der Waals surface area (Å²) in [4.78, 5) is 28.1. The highest BCUT2D eigenvalue weighted by Gasteiger charge is 2.46. The molecule has 1 aliphatic rings. The zero-order chi connectivity index (χ0) is 28.2. The Morgan fingerprint density at radius 2 is 1.69 bits per heavy atom. The largest absolute Gasteiger partial charge is 0.507 e. The first-order valence-electron chi connectivity index (χ1n) is 12.9. The molecule has 1 aliphatic heterocycles. The first-order chi connectivity index (χ1) is 18.7. The molecule has 1 fully saturated rings. The van der Waals surface area contributed by atoms with Crippen molar-refractivity contribution in [3.05, 3.63) is 101 Å². The van der Waals surface area contributed by atoms with Gasteiger partial charge in [-0.05, 0) is 46.4 Å². The number of hydrogen-bond acceptors (Lipinski definition) is 6. The Bertz CT molecular complexity index is 1370. The van der Waals surface area contributed by atoms with Crippen molar-refractivity contribution in [3.63, 3.8) is 0 Å². The van der Waals surface area contributed by atoms with Crippen LogP contribution in [0.2, 0.25) is 0 Å². The van der Waals surface area contributed by atoms with Crippen molar-refractivity contribution in [1.29, 1.82) is 0 Å². The number of ketones is 1. The van der Waals surface area contributed by atoms with E-state index in [0.717, 1.165) is 11.1 Å². The molecular formula is C32H35NO6. The molecule has 0 saturated carbocycles. The van der Waals surface area contributed by atoms with Gasteiger partial charge in [0, 0.05) is 13.7 Å². The molecule has 0 aromatic heterocycles. The van der Waals surface area contributed by atoms with Crippen molar-refractivity contribution < 1.29 is 28.9 Å². The monoisotopic (exact) mass is 529 g/mol. The van der Waals surface area contributed by atoms with Crippen LogP contribution in [0.3, 0.4) is 0 Å². The lowest BCUT2D eigenvalue weighted by molar-refractivity contribution is -0.140. The van der Waals surface area contributed by atoms with Crippen LogP contribution in [0.1, 0.15) is 49.1 Å². The lowest BCUT2D eigenvalue weighted by atomic mass is 9.85. The number of aliphatic hydroxyl groups is 1. The Kier molecular flexibility index (Phi) is 8.41. The summed E-state index contributed by atoms with van der Waals surface area (Å²) in [7, 11) is 3.04. The molecule has 4 rings (SSSR count). The van der Waals surface area contributed by atoms with Crippen molar-refractivity contribution >= 4 is 17.4 Å². The molecular weight excluding hydrogens is 494 g/mol. The van der Waals surface area contributed by atoms with Gasteiger partial charge in [-0.3, -0.25) is 9.59 Å². The summed E-state index contributed by atoms with van der Waals surface area (Å²) in [6.45, 7) is 6.95. The Morgan fingerprint density at radius 1 is 0.949 bits per heavy atom. The highest BCUT2D eigenvalue weighted by atomic mass is 16.5. The number of benzene rings is 3. The third-order valence-corrected chi connectivity index (χ3v) is 6.82. The number of amides is 1. The van der Waals surface area contributed by atoms with E-state index in [1.807, 2.05) is 60.7 Å². The predicted octanol–water partition coefficient (Wildman–Crippen LogP) is 5.64. The van der Waals surface area contributed by atoms with Gasteiger partial charge in [-0.2, -0.15) is 0 Å². The molecule has 0 aliphatic carbocycles. The van der Waals surface area contributed by atoms with Crippen molar-refractivity contribution in [2.75, 3.05) is 27.4 Å². The fourth-order valence-corrected chi connectivity index (χ4v) is 4.67. The minimum absolute atomic E-state index is 0.000622. The van der Waals surface area contributed by atoms with E-state index in [4.69, 9.17) is 14.2 Å². The minimum Gasteiger partial charge on any atom is -0.507 e. The average molecular weight is 530 g/mol. The third-order valence-electron chi connectivity index (χ3n) is 6.82. The van der Waals surface area contributed by atoms with Gasteiger partial charge >= 0.3 is 0 Å². The Morgan fingerprint density at radius 3 is 2.36 bits per heavy atom. The summed E-state index contributed by atoms with van der Waals surface area (Å²) in [5.74, 6) is -0.743. The number of methoxy groups -OCH3 is 2. The van der Waals surface area contributed by atoms with E-state index in [2.05, 4.69) is 20.8 Å². The second kappa shape index (κ2) is 11.7. The highest BCUT2D eigenvalue weighted by Crippen LogP contribution is 2.42. The second-order valence-electron chi connectivity index (χ2n) is 10.5. The SMILES string of the molecule is COCCN1C(=O)C(=O)/C(=C(/O)c2cc(C(C)(C)C)ccc2OC)C1c1cccc(OCc2ccccc2)c1. The zero-order valence-corrected chi connectivity index (χ0v) is 23.1. The van der Waals surface area contributed by atoms with E-state index in [1.165, 1.54) is 19.1 Å². The van der Waals surface area contributed by atoms with Crippen molar-refractivity contribution in [2.24, 2.45) is 0 Å². The number of Topliss-reactive ketones (excluding diaryl/α,β-unsaturated/α-hetero) is 1. The fraction of sp³-hybridized carbons (Fsp3) is 0.312. The number of nitrogens with zero attached hydrogens (tertiary/aromatic N) is 1. The fourth-order valence-electron chi connectivity index (χ4n) is 4.67. The lowest BCUT2D eigenvalue weighted by Crippen LogP contribution is -2.32. The quantitative estimate of drug-likeness (QED) is 0.219. The van der Waals surface area contributed by atoms with Crippen molar-refractivity contribution in [1.82, 2.24) is 4.90 Å². The molecule has 7 heteroatoms. The Labute approximate surface area is 229 Å². The van der Waals surface area contributed by atoms with E-state index < -0.39 is 17.7 Å². The van der Waals surface area contributed by atoms with Crippen LogP contribution in [0, 0.1) is 0 Å². The summed E-state index contributed by atoms with van der Waals surface area (Å²) in [6.07, 6.45) is 0. The molecule has 3 aromatic rings. The van der Waals surface area contributed by atoms with Gasteiger partial charge in [-0.25, -0.2) is 0 Å². The molecule has 1 unspecified atom stereocenters. The van der Waals surface area contributed by atoms with E-state index in [-0.39, 0.29) is 29.9 Å². The number of carbonyl (C=O) groups is 2. The number of aliphatic hydroxyl groups excluding tert-OH is 1. The van der Waals surface area contributed by atoms with Crippen LogP contribution in [0.15, 0.2) is 78.4 Å². The molecule has 39 heavy (non-hydrogen) atoms. The molecule has 1 amide bonds. The van der Waals surface area contributed by atoms with Crippen LogP contribution in [0.4, 0.5) is 0 Å². The summed E-state index contributed by atoms with van der Waals surface area (Å²) in [5, 5.41) is 11.6. The van der Waals surface area contributed by atoms with Crippen molar-refractivity contribution in [2.45, 2.75) is 38.8 Å². The van der Waals surface area contributed by atoms with Gasteiger partial charge in [0.2, 0.25) is 0 Å². The van der Waals surface area contributed by atoms with Gasteiger partial charge in [-0.1, -0.05) is 69.3 Å². The standard InChI is InChI=1S/C32H35NO6/c1-32(2,3)23-14-15-26(38-5)25(19-23)29(34)27-28(33(16-17-37-4)31(36)30(27)35)22-12-9-13-24(18-22)39-20-21-10-7-6-8-11-21/h6-15,18-19,28,34H,16-17,20H2,1-5H3/b29-27+. The first-order valence-corrected chi connectivity index (χ1v) is 12.9. The molecule has 1 heterocycles. The molecule has 1 atom stereocenters. The summed E-state index contributed by atoms with van der Waals surface area (Å²) in [5.41, 5.74) is 2.75. The maximum absolute atomic E-state index is 13.4.